The number of anilines is 1. The van der Waals surface area contributed by atoms with Crippen LogP contribution >= 0.6 is 0 Å². The summed E-state index contributed by atoms with van der Waals surface area (Å²) in [4.78, 5) is 29.6. The summed E-state index contributed by atoms with van der Waals surface area (Å²) in [5, 5.41) is 3.02. The Morgan fingerprint density at radius 3 is 2.11 bits per heavy atom. The van der Waals surface area contributed by atoms with Crippen LogP contribution in [0.4, 0.5) is 10.1 Å². The Bertz CT molecular complexity index is 1670. The molecular weight excluding hydrogens is 593 g/mol. The molecule has 0 unspecified atom stereocenters. The number of hydrogen-bond donors (Lipinski definition) is 1. The maximum Gasteiger partial charge on any atom is 0.264 e. The van der Waals surface area contributed by atoms with Crippen molar-refractivity contribution in [2.24, 2.45) is 0 Å². The van der Waals surface area contributed by atoms with Gasteiger partial charge in [-0.3, -0.25) is 13.9 Å². The molecule has 236 valence electrons. The molecule has 4 aromatic carbocycles. The minimum atomic E-state index is -4.31. The first-order valence-electron chi connectivity index (χ1n) is 14.7. The SMILES string of the molecule is CC[C@@H](C)NC(=O)[C@@H](Cc1ccccc1)N(Cc1cccc(OC)c1)C(=O)CN(c1ccccc1)S(=O)(=O)c1ccc(F)cc1. The van der Waals surface area contributed by atoms with Gasteiger partial charge in [-0.2, -0.15) is 0 Å². The largest absolute Gasteiger partial charge is 0.497 e. The third-order valence-electron chi connectivity index (χ3n) is 7.48. The zero-order valence-electron chi connectivity index (χ0n) is 25.6. The van der Waals surface area contributed by atoms with E-state index in [4.69, 9.17) is 4.74 Å². The lowest BCUT2D eigenvalue weighted by atomic mass is 10.0. The van der Waals surface area contributed by atoms with Crippen molar-refractivity contribution in [2.75, 3.05) is 18.0 Å². The first-order valence-corrected chi connectivity index (χ1v) is 16.2. The van der Waals surface area contributed by atoms with Gasteiger partial charge >= 0.3 is 0 Å². The molecule has 4 rings (SSSR count). The summed E-state index contributed by atoms with van der Waals surface area (Å²) >= 11 is 0. The summed E-state index contributed by atoms with van der Waals surface area (Å²) in [5.74, 6) is -0.949. The first-order chi connectivity index (χ1) is 21.6. The minimum Gasteiger partial charge on any atom is -0.497 e. The molecular formula is C35H38FN3O5S. The molecule has 0 fully saturated rings. The van der Waals surface area contributed by atoms with Gasteiger partial charge in [0.15, 0.2) is 0 Å². The molecule has 0 aliphatic carbocycles. The zero-order chi connectivity index (χ0) is 32.4. The Kier molecular flexibility index (Phi) is 11.3. The normalized spacial score (nSPS) is 12.5. The number of carbonyl (C=O) groups excluding carboxylic acids is 2. The van der Waals surface area contributed by atoms with Crippen LogP contribution in [0, 0.1) is 5.82 Å². The average molecular weight is 632 g/mol. The number of para-hydroxylation sites is 1. The number of rotatable bonds is 14. The number of hydrogen-bond acceptors (Lipinski definition) is 5. The molecule has 2 amide bonds. The summed E-state index contributed by atoms with van der Waals surface area (Å²) < 4.78 is 48.0. The minimum absolute atomic E-state index is 0.0146. The highest BCUT2D eigenvalue weighted by atomic mass is 32.2. The Hall–Kier alpha value is -4.70. The molecule has 0 saturated carbocycles. The Morgan fingerprint density at radius 2 is 1.49 bits per heavy atom. The van der Waals surface area contributed by atoms with Crippen LogP contribution in [-0.4, -0.2) is 50.9 Å². The second-order valence-electron chi connectivity index (χ2n) is 10.7. The quantitative estimate of drug-likeness (QED) is 0.196. The molecule has 0 bridgehead atoms. The number of methoxy groups -OCH3 is 1. The molecule has 0 aliphatic rings. The van der Waals surface area contributed by atoms with Crippen molar-refractivity contribution >= 4 is 27.5 Å². The standard InChI is InChI=1S/C35H38FN3O5S/c1-4-26(2)37-35(41)33(23-27-12-7-5-8-13-27)38(24-28-14-11-17-31(22-28)44-3)34(40)25-39(30-15-9-6-10-16-30)45(42,43)32-20-18-29(36)19-21-32/h5-22,26,33H,4,23-25H2,1-3H3,(H,37,41)/t26-,33-/m1/s1. The number of sulfonamides is 1. The molecule has 8 nitrogen and oxygen atoms in total. The van der Waals surface area contributed by atoms with E-state index in [0.29, 0.717) is 17.7 Å². The lowest BCUT2D eigenvalue weighted by Crippen LogP contribution is -2.54. The fraction of sp³-hybridized carbons (Fsp3) is 0.257. The van der Waals surface area contributed by atoms with Gasteiger partial charge in [0.2, 0.25) is 11.8 Å². The van der Waals surface area contributed by atoms with Crippen LogP contribution in [0.25, 0.3) is 0 Å². The van der Waals surface area contributed by atoms with E-state index in [2.05, 4.69) is 5.32 Å². The van der Waals surface area contributed by atoms with Gasteiger partial charge in [0, 0.05) is 19.0 Å². The van der Waals surface area contributed by atoms with E-state index in [1.807, 2.05) is 50.2 Å². The van der Waals surface area contributed by atoms with Crippen molar-refractivity contribution in [3.05, 3.63) is 126 Å². The maximum absolute atomic E-state index is 14.5. The van der Waals surface area contributed by atoms with Gasteiger partial charge in [0.05, 0.1) is 17.7 Å². The molecule has 10 heteroatoms. The second-order valence-corrected chi connectivity index (χ2v) is 12.6. The average Bonchev–Trinajstić information content (AvgIpc) is 3.06. The topological polar surface area (TPSA) is 96.0 Å². The van der Waals surface area contributed by atoms with Crippen molar-refractivity contribution in [2.45, 2.75) is 50.2 Å². The van der Waals surface area contributed by atoms with Gasteiger partial charge in [-0.25, -0.2) is 12.8 Å². The lowest BCUT2D eigenvalue weighted by Gasteiger charge is -2.34. The van der Waals surface area contributed by atoms with E-state index < -0.39 is 34.3 Å². The zero-order valence-corrected chi connectivity index (χ0v) is 26.4. The molecule has 0 aromatic heterocycles. The maximum atomic E-state index is 14.5. The molecule has 45 heavy (non-hydrogen) atoms. The molecule has 0 saturated heterocycles. The smallest absolute Gasteiger partial charge is 0.264 e. The fourth-order valence-electron chi connectivity index (χ4n) is 4.82. The second kappa shape index (κ2) is 15.3. The lowest BCUT2D eigenvalue weighted by molar-refractivity contribution is -0.140. The highest BCUT2D eigenvalue weighted by Crippen LogP contribution is 2.25. The number of benzene rings is 4. The molecule has 0 aliphatic heterocycles. The highest BCUT2D eigenvalue weighted by molar-refractivity contribution is 7.92. The van der Waals surface area contributed by atoms with Gasteiger partial charge in [0.1, 0.15) is 24.2 Å². The molecule has 0 heterocycles. The third kappa shape index (κ3) is 8.69. The van der Waals surface area contributed by atoms with E-state index in [9.17, 15) is 22.4 Å². The van der Waals surface area contributed by atoms with E-state index in [1.165, 1.54) is 12.0 Å². The van der Waals surface area contributed by atoms with Crippen molar-refractivity contribution in [3.8, 4) is 5.75 Å². The predicted octanol–water partition coefficient (Wildman–Crippen LogP) is 5.58. The van der Waals surface area contributed by atoms with Gasteiger partial charge < -0.3 is 15.0 Å². The number of nitrogens with zero attached hydrogens (tertiary/aromatic N) is 2. The van der Waals surface area contributed by atoms with Gasteiger partial charge in [-0.15, -0.1) is 0 Å². The monoisotopic (exact) mass is 631 g/mol. The number of ether oxygens (including phenoxy) is 1. The molecule has 0 radical (unpaired) electrons. The van der Waals surface area contributed by atoms with Crippen LogP contribution in [-0.2, 0) is 32.6 Å². The third-order valence-corrected chi connectivity index (χ3v) is 9.27. The number of carbonyl (C=O) groups is 2. The summed E-state index contributed by atoms with van der Waals surface area (Å²) in [6.45, 7) is 3.25. The van der Waals surface area contributed by atoms with Crippen LogP contribution in [0.5, 0.6) is 5.75 Å². The number of nitrogens with one attached hydrogen (secondary N) is 1. The summed E-state index contributed by atoms with van der Waals surface area (Å²) in [6.07, 6.45) is 0.889. The van der Waals surface area contributed by atoms with Crippen molar-refractivity contribution < 1.29 is 27.1 Å². The molecule has 1 N–H and O–H groups in total. The predicted molar refractivity (Wildman–Crippen MR) is 173 cm³/mol. The summed E-state index contributed by atoms with van der Waals surface area (Å²) in [7, 11) is -2.77. The van der Waals surface area contributed by atoms with Crippen molar-refractivity contribution in [3.63, 3.8) is 0 Å². The molecule has 0 spiro atoms. The Balaban J connectivity index is 1.80. The van der Waals surface area contributed by atoms with Crippen LogP contribution in [0.15, 0.2) is 114 Å². The van der Waals surface area contributed by atoms with Gasteiger partial charge in [0.25, 0.3) is 10.0 Å². The van der Waals surface area contributed by atoms with Crippen LogP contribution < -0.4 is 14.4 Å². The van der Waals surface area contributed by atoms with Crippen LogP contribution in [0.1, 0.15) is 31.4 Å². The van der Waals surface area contributed by atoms with Crippen molar-refractivity contribution in [1.29, 1.82) is 0 Å². The number of halogens is 1. The fourth-order valence-corrected chi connectivity index (χ4v) is 6.23. The Morgan fingerprint density at radius 1 is 0.867 bits per heavy atom. The van der Waals surface area contributed by atoms with E-state index in [-0.39, 0.29) is 35.5 Å². The van der Waals surface area contributed by atoms with Crippen molar-refractivity contribution in [1.82, 2.24) is 10.2 Å². The van der Waals surface area contributed by atoms with Gasteiger partial charge in [-0.05, 0) is 73.0 Å². The highest BCUT2D eigenvalue weighted by Gasteiger charge is 2.35. The Labute approximate surface area is 264 Å². The number of amides is 2. The van der Waals surface area contributed by atoms with E-state index in [1.54, 1.807) is 48.5 Å². The van der Waals surface area contributed by atoms with E-state index >= 15 is 0 Å². The molecule has 4 aromatic rings. The van der Waals surface area contributed by atoms with E-state index in [0.717, 1.165) is 34.1 Å². The summed E-state index contributed by atoms with van der Waals surface area (Å²) in [5.41, 5.74) is 1.79. The van der Waals surface area contributed by atoms with Crippen LogP contribution in [0.2, 0.25) is 0 Å². The summed E-state index contributed by atoms with van der Waals surface area (Å²) in [6, 6.07) is 28.1. The molecule has 2 atom stereocenters. The first kappa shape index (κ1) is 33.2. The van der Waals surface area contributed by atoms with Gasteiger partial charge in [-0.1, -0.05) is 67.6 Å². The van der Waals surface area contributed by atoms with Crippen LogP contribution in [0.3, 0.4) is 0 Å².